The van der Waals surface area contributed by atoms with Crippen molar-refractivity contribution in [1.29, 1.82) is 0 Å². The van der Waals surface area contributed by atoms with E-state index >= 15 is 0 Å². The number of hydrogen-bond donors (Lipinski definition) is 1. The Kier molecular flexibility index (Phi) is 5.31. The van der Waals surface area contributed by atoms with E-state index in [-0.39, 0.29) is 18.2 Å². The maximum Gasteiger partial charge on any atom is 0.245 e. The van der Waals surface area contributed by atoms with Crippen LogP contribution in [0.3, 0.4) is 0 Å². The smallest absolute Gasteiger partial charge is 0.245 e. The van der Waals surface area contributed by atoms with Crippen LogP contribution in [-0.4, -0.2) is 31.7 Å². The molecule has 3 rings (SSSR count). The van der Waals surface area contributed by atoms with Gasteiger partial charge >= 0.3 is 0 Å². The molecule has 1 aliphatic heterocycles. The quantitative estimate of drug-likeness (QED) is 0.665. The normalized spacial score (nSPS) is 16.9. The third-order valence-electron chi connectivity index (χ3n) is 4.35. The summed E-state index contributed by atoms with van der Waals surface area (Å²) in [6.07, 6.45) is 1.75. The Labute approximate surface area is 152 Å². The fourth-order valence-electron chi connectivity index (χ4n) is 2.81. The molecule has 0 radical (unpaired) electrons. The van der Waals surface area contributed by atoms with Gasteiger partial charge in [0.2, 0.25) is 11.8 Å². The number of hydrogen-bond acceptors (Lipinski definition) is 4. The molecule has 1 aliphatic rings. The van der Waals surface area contributed by atoms with Crippen molar-refractivity contribution in [3.63, 3.8) is 0 Å². The van der Waals surface area contributed by atoms with Gasteiger partial charge in [-0.3, -0.25) is 9.59 Å². The van der Waals surface area contributed by atoms with E-state index in [4.69, 9.17) is 4.74 Å². The van der Waals surface area contributed by atoms with Crippen LogP contribution >= 0.6 is 0 Å². The number of hydrazone groups is 1. The summed E-state index contributed by atoms with van der Waals surface area (Å²) in [5, 5.41) is 3.98. The van der Waals surface area contributed by atoms with Gasteiger partial charge in [0.1, 0.15) is 5.75 Å². The van der Waals surface area contributed by atoms with Crippen LogP contribution in [-0.2, 0) is 9.59 Å². The maximum absolute atomic E-state index is 12.3. The number of aryl methyl sites for hydroxylation is 1. The average molecular weight is 351 g/mol. The molecule has 0 aromatic heterocycles. The van der Waals surface area contributed by atoms with E-state index in [1.807, 2.05) is 55.5 Å². The first kappa shape index (κ1) is 17.7. The SMILES string of the molecule is COc1ccc(/C=N/NC(=O)C2CC(=O)N(c3ccc(C)cc3)C2)cc1. The number of benzene rings is 2. The van der Waals surface area contributed by atoms with Crippen molar-refractivity contribution >= 4 is 23.7 Å². The largest absolute Gasteiger partial charge is 0.497 e. The van der Waals surface area contributed by atoms with E-state index in [9.17, 15) is 9.59 Å². The minimum absolute atomic E-state index is 0.0480. The monoisotopic (exact) mass is 351 g/mol. The third-order valence-corrected chi connectivity index (χ3v) is 4.35. The lowest BCUT2D eigenvalue weighted by Crippen LogP contribution is -2.30. The van der Waals surface area contributed by atoms with Crippen molar-refractivity contribution in [2.75, 3.05) is 18.6 Å². The molecule has 2 aromatic rings. The molecule has 1 N–H and O–H groups in total. The van der Waals surface area contributed by atoms with Crippen molar-refractivity contribution in [1.82, 2.24) is 5.43 Å². The molecule has 0 spiro atoms. The first-order valence-electron chi connectivity index (χ1n) is 8.41. The Morgan fingerprint density at radius 1 is 1.19 bits per heavy atom. The predicted octanol–water partition coefficient (Wildman–Crippen LogP) is 2.51. The van der Waals surface area contributed by atoms with E-state index < -0.39 is 5.92 Å². The van der Waals surface area contributed by atoms with Crippen molar-refractivity contribution in [3.05, 3.63) is 59.7 Å². The van der Waals surface area contributed by atoms with Gasteiger partial charge in [-0.15, -0.1) is 0 Å². The first-order valence-corrected chi connectivity index (χ1v) is 8.41. The van der Waals surface area contributed by atoms with Crippen LogP contribution in [0.2, 0.25) is 0 Å². The van der Waals surface area contributed by atoms with Crippen molar-refractivity contribution in [2.24, 2.45) is 11.0 Å². The fraction of sp³-hybridized carbons (Fsp3) is 0.250. The molecule has 2 amide bonds. The summed E-state index contributed by atoms with van der Waals surface area (Å²) in [6.45, 7) is 2.36. The molecule has 6 nitrogen and oxygen atoms in total. The van der Waals surface area contributed by atoms with Crippen LogP contribution in [0.5, 0.6) is 5.75 Å². The molecule has 1 atom stereocenters. The summed E-state index contributed by atoms with van der Waals surface area (Å²) < 4.78 is 5.09. The van der Waals surface area contributed by atoms with Crippen molar-refractivity contribution in [2.45, 2.75) is 13.3 Å². The van der Waals surface area contributed by atoms with Gasteiger partial charge in [0.05, 0.1) is 19.2 Å². The van der Waals surface area contributed by atoms with Crippen LogP contribution in [0.1, 0.15) is 17.5 Å². The molecular weight excluding hydrogens is 330 g/mol. The molecule has 1 saturated heterocycles. The highest BCUT2D eigenvalue weighted by Gasteiger charge is 2.35. The van der Waals surface area contributed by atoms with E-state index in [0.29, 0.717) is 6.54 Å². The number of anilines is 1. The summed E-state index contributed by atoms with van der Waals surface area (Å²) in [5.74, 6) is 0.0505. The number of methoxy groups -OCH3 is 1. The number of amides is 2. The second-order valence-corrected chi connectivity index (χ2v) is 6.25. The zero-order chi connectivity index (χ0) is 18.5. The summed E-state index contributed by atoms with van der Waals surface area (Å²) in [6, 6.07) is 15.0. The number of nitrogens with zero attached hydrogens (tertiary/aromatic N) is 2. The molecule has 1 heterocycles. The van der Waals surface area contributed by atoms with Crippen LogP contribution in [0.4, 0.5) is 5.69 Å². The highest BCUT2D eigenvalue weighted by atomic mass is 16.5. The van der Waals surface area contributed by atoms with Crippen LogP contribution in [0.25, 0.3) is 0 Å². The Morgan fingerprint density at radius 2 is 1.88 bits per heavy atom. The van der Waals surface area contributed by atoms with Crippen LogP contribution in [0, 0.1) is 12.8 Å². The number of ether oxygens (including phenoxy) is 1. The standard InChI is InChI=1S/C20H21N3O3/c1-14-3-7-17(8-4-14)23-13-16(11-19(23)24)20(25)22-21-12-15-5-9-18(26-2)10-6-15/h3-10,12,16H,11,13H2,1-2H3,(H,22,25)/b21-12+. The topological polar surface area (TPSA) is 71.0 Å². The second kappa shape index (κ2) is 7.82. The van der Waals surface area contributed by atoms with Crippen molar-refractivity contribution in [3.8, 4) is 5.75 Å². The van der Waals surface area contributed by atoms with Gasteiger partial charge in [-0.1, -0.05) is 17.7 Å². The van der Waals surface area contributed by atoms with E-state index in [0.717, 1.165) is 22.6 Å². The molecule has 6 heteroatoms. The van der Waals surface area contributed by atoms with Gasteiger partial charge in [-0.25, -0.2) is 5.43 Å². The molecule has 26 heavy (non-hydrogen) atoms. The molecule has 0 bridgehead atoms. The molecular formula is C20H21N3O3. The zero-order valence-electron chi connectivity index (χ0n) is 14.8. The minimum Gasteiger partial charge on any atom is -0.497 e. The Bertz CT molecular complexity index is 813. The number of carbonyl (C=O) groups excluding carboxylic acids is 2. The van der Waals surface area contributed by atoms with Gasteiger partial charge in [-0.05, 0) is 48.9 Å². The molecule has 134 valence electrons. The van der Waals surface area contributed by atoms with Gasteiger partial charge in [0.15, 0.2) is 0 Å². The summed E-state index contributed by atoms with van der Waals surface area (Å²) in [4.78, 5) is 26.2. The lowest BCUT2D eigenvalue weighted by molar-refractivity contribution is -0.126. The second-order valence-electron chi connectivity index (χ2n) is 6.25. The highest BCUT2D eigenvalue weighted by molar-refractivity contribution is 6.00. The molecule has 0 saturated carbocycles. The lowest BCUT2D eigenvalue weighted by Gasteiger charge is -2.16. The van der Waals surface area contributed by atoms with Crippen LogP contribution < -0.4 is 15.1 Å². The van der Waals surface area contributed by atoms with Gasteiger partial charge in [0.25, 0.3) is 0 Å². The number of rotatable bonds is 5. The fourth-order valence-corrected chi connectivity index (χ4v) is 2.81. The van der Waals surface area contributed by atoms with E-state index in [1.165, 1.54) is 0 Å². The van der Waals surface area contributed by atoms with E-state index in [2.05, 4.69) is 10.5 Å². The summed E-state index contributed by atoms with van der Waals surface area (Å²) >= 11 is 0. The zero-order valence-corrected chi connectivity index (χ0v) is 14.8. The molecule has 1 fully saturated rings. The lowest BCUT2D eigenvalue weighted by atomic mass is 10.1. The van der Waals surface area contributed by atoms with Crippen molar-refractivity contribution < 1.29 is 14.3 Å². The molecule has 2 aromatic carbocycles. The number of nitrogens with one attached hydrogen (secondary N) is 1. The first-order chi connectivity index (χ1) is 12.6. The summed E-state index contributed by atoms with van der Waals surface area (Å²) in [5.41, 5.74) is 5.31. The Balaban J connectivity index is 1.57. The molecule has 0 aliphatic carbocycles. The molecule has 1 unspecified atom stereocenters. The van der Waals surface area contributed by atoms with Gasteiger partial charge in [0, 0.05) is 18.7 Å². The maximum atomic E-state index is 12.3. The Morgan fingerprint density at radius 3 is 2.54 bits per heavy atom. The predicted molar refractivity (Wildman–Crippen MR) is 100 cm³/mol. The average Bonchev–Trinajstić information content (AvgIpc) is 3.05. The van der Waals surface area contributed by atoms with Crippen LogP contribution in [0.15, 0.2) is 53.6 Å². The summed E-state index contributed by atoms with van der Waals surface area (Å²) in [7, 11) is 1.60. The van der Waals surface area contributed by atoms with E-state index in [1.54, 1.807) is 18.2 Å². The van der Waals surface area contributed by atoms with Gasteiger partial charge < -0.3 is 9.64 Å². The highest BCUT2D eigenvalue weighted by Crippen LogP contribution is 2.25. The van der Waals surface area contributed by atoms with Gasteiger partial charge in [-0.2, -0.15) is 5.10 Å². The number of carbonyl (C=O) groups is 2. The minimum atomic E-state index is -0.406. The Hall–Kier alpha value is -3.15. The third kappa shape index (κ3) is 4.08.